The molecule has 4 rings (SSSR count). The Balaban J connectivity index is 1.85. The first-order valence-electron chi connectivity index (χ1n) is 7.75. The van der Waals surface area contributed by atoms with Gasteiger partial charge in [-0.2, -0.15) is 0 Å². The highest BCUT2D eigenvalue weighted by Gasteiger charge is 2.15. The van der Waals surface area contributed by atoms with Gasteiger partial charge in [-0.05, 0) is 41.4 Å². The van der Waals surface area contributed by atoms with Crippen LogP contribution in [-0.2, 0) is 6.54 Å². The van der Waals surface area contributed by atoms with Crippen molar-refractivity contribution < 1.29 is 4.52 Å². The van der Waals surface area contributed by atoms with E-state index in [0.29, 0.717) is 0 Å². The highest BCUT2D eigenvalue weighted by Crippen LogP contribution is 2.32. The third-order valence-electron chi connectivity index (χ3n) is 4.19. The van der Waals surface area contributed by atoms with E-state index >= 15 is 0 Å². The zero-order valence-corrected chi connectivity index (χ0v) is 15.0. The molecule has 0 saturated heterocycles. The van der Waals surface area contributed by atoms with Crippen LogP contribution in [-0.4, -0.2) is 14.7 Å². The third-order valence-corrected chi connectivity index (χ3v) is 4.77. The minimum Gasteiger partial charge on any atom is -0.361 e. The van der Waals surface area contributed by atoms with E-state index in [0.717, 1.165) is 44.6 Å². The number of hydrogen-bond donors (Lipinski definition) is 0. The third kappa shape index (κ3) is 2.55. The number of pyridine rings is 1. The number of halogens is 1. The van der Waals surface area contributed by atoms with Gasteiger partial charge in [-0.15, -0.1) is 0 Å². The van der Waals surface area contributed by atoms with Gasteiger partial charge in [0.15, 0.2) is 0 Å². The van der Waals surface area contributed by atoms with Gasteiger partial charge in [-0.25, -0.2) is 0 Å². The summed E-state index contributed by atoms with van der Waals surface area (Å²) in [6, 6.07) is 12.6. The van der Waals surface area contributed by atoms with Crippen molar-refractivity contribution in [2.24, 2.45) is 0 Å². The molecule has 0 aliphatic rings. The lowest BCUT2D eigenvalue weighted by molar-refractivity contribution is 0.393. The molecular weight excluding hydrogens is 366 g/mol. The van der Waals surface area contributed by atoms with Gasteiger partial charge >= 0.3 is 0 Å². The first-order chi connectivity index (χ1) is 11.6. The summed E-state index contributed by atoms with van der Waals surface area (Å²) < 4.78 is 8.51. The Morgan fingerprint density at radius 3 is 2.67 bits per heavy atom. The minimum atomic E-state index is 0.801. The molecule has 0 radical (unpaired) electrons. The van der Waals surface area contributed by atoms with E-state index in [9.17, 15) is 0 Å². The van der Waals surface area contributed by atoms with E-state index in [4.69, 9.17) is 4.52 Å². The topological polar surface area (TPSA) is 43.9 Å². The average Bonchev–Trinajstić information content (AvgIpc) is 3.08. The van der Waals surface area contributed by atoms with Gasteiger partial charge in [0, 0.05) is 30.1 Å². The summed E-state index contributed by atoms with van der Waals surface area (Å²) in [5.74, 6) is 0.814. The summed E-state index contributed by atoms with van der Waals surface area (Å²) in [6.45, 7) is 4.68. The molecule has 0 bridgehead atoms. The number of rotatable bonds is 3. The summed E-state index contributed by atoms with van der Waals surface area (Å²) in [7, 11) is 0. The Bertz CT molecular complexity index is 998. The molecule has 4 aromatic rings. The lowest BCUT2D eigenvalue weighted by Crippen LogP contribution is -1.98. The zero-order valence-electron chi connectivity index (χ0n) is 13.5. The summed E-state index contributed by atoms with van der Waals surface area (Å²) in [5, 5.41) is 4.05. The van der Waals surface area contributed by atoms with E-state index in [-0.39, 0.29) is 0 Å². The quantitative estimate of drug-likeness (QED) is 0.494. The maximum Gasteiger partial charge on any atom is 0.141 e. The Labute approximate surface area is 148 Å². The molecule has 3 aromatic heterocycles. The van der Waals surface area contributed by atoms with Gasteiger partial charge in [0.2, 0.25) is 0 Å². The predicted molar refractivity (Wildman–Crippen MR) is 97.9 cm³/mol. The van der Waals surface area contributed by atoms with Gasteiger partial charge in [-0.3, -0.25) is 4.98 Å². The zero-order chi connectivity index (χ0) is 16.7. The molecule has 1 aromatic carbocycles. The second-order valence-corrected chi connectivity index (χ2v) is 6.74. The van der Waals surface area contributed by atoms with E-state index in [1.165, 1.54) is 5.56 Å². The molecule has 120 valence electrons. The predicted octanol–water partition coefficient (Wildman–Crippen LogP) is 5.12. The van der Waals surface area contributed by atoms with Gasteiger partial charge in [0.25, 0.3) is 0 Å². The molecule has 5 heteroatoms. The van der Waals surface area contributed by atoms with E-state index < -0.39 is 0 Å². The van der Waals surface area contributed by atoms with Crippen molar-refractivity contribution in [1.29, 1.82) is 0 Å². The first-order valence-corrected chi connectivity index (χ1v) is 8.54. The summed E-state index contributed by atoms with van der Waals surface area (Å²) >= 11 is 3.62. The molecule has 0 fully saturated rings. The summed E-state index contributed by atoms with van der Waals surface area (Å²) in [4.78, 5) is 4.64. The monoisotopic (exact) mass is 381 g/mol. The highest BCUT2D eigenvalue weighted by atomic mass is 79.9. The maximum absolute atomic E-state index is 5.30. The van der Waals surface area contributed by atoms with Crippen LogP contribution in [0.5, 0.6) is 0 Å². The second kappa shape index (κ2) is 5.91. The molecule has 24 heavy (non-hydrogen) atoms. The number of aromatic nitrogens is 3. The van der Waals surface area contributed by atoms with Crippen LogP contribution in [0, 0.1) is 13.8 Å². The molecule has 4 nitrogen and oxygen atoms in total. The molecule has 0 N–H and O–H groups in total. The number of aryl methyl sites for hydroxylation is 2. The largest absolute Gasteiger partial charge is 0.361 e. The minimum absolute atomic E-state index is 0.801. The van der Waals surface area contributed by atoms with Gasteiger partial charge in [-0.1, -0.05) is 35.5 Å². The fourth-order valence-corrected chi connectivity index (χ4v) is 3.62. The van der Waals surface area contributed by atoms with Crippen LogP contribution in [0.1, 0.15) is 17.0 Å². The molecule has 0 unspecified atom stereocenters. The molecule has 0 amide bonds. The highest BCUT2D eigenvalue weighted by molar-refractivity contribution is 9.10. The number of hydrogen-bond acceptors (Lipinski definition) is 3. The Kier molecular flexibility index (Phi) is 3.73. The fourth-order valence-electron chi connectivity index (χ4n) is 3.07. The van der Waals surface area contributed by atoms with Crippen molar-refractivity contribution >= 4 is 27.0 Å². The molecular formula is C19H16BrN3O. The van der Waals surface area contributed by atoms with Crippen LogP contribution in [0.15, 0.2) is 57.8 Å². The van der Waals surface area contributed by atoms with E-state index in [2.05, 4.69) is 67.2 Å². The van der Waals surface area contributed by atoms with E-state index in [1.54, 1.807) is 0 Å². The Morgan fingerprint density at radius 2 is 1.96 bits per heavy atom. The van der Waals surface area contributed by atoms with Crippen LogP contribution in [0.4, 0.5) is 0 Å². The van der Waals surface area contributed by atoms with Crippen LogP contribution < -0.4 is 0 Å². The normalized spacial score (nSPS) is 11.3. The first kappa shape index (κ1) is 15.1. The lowest BCUT2D eigenvalue weighted by Gasteiger charge is -2.07. The van der Waals surface area contributed by atoms with Crippen molar-refractivity contribution in [3.63, 3.8) is 0 Å². The van der Waals surface area contributed by atoms with Gasteiger partial charge in [0.05, 0.1) is 15.7 Å². The van der Waals surface area contributed by atoms with Crippen LogP contribution in [0.3, 0.4) is 0 Å². The number of nitrogens with zero attached hydrogens (tertiary/aromatic N) is 3. The van der Waals surface area contributed by atoms with Crippen molar-refractivity contribution in [1.82, 2.24) is 14.7 Å². The smallest absolute Gasteiger partial charge is 0.141 e. The molecule has 0 aliphatic carbocycles. The van der Waals surface area contributed by atoms with E-state index in [1.807, 2.05) is 26.1 Å². The standard InChI is InChI=1S/C19H16BrN3O/c1-12-18(13(2)24-22-12)15-8-17-19(21-9-15)16(20)11-23(17)10-14-6-4-3-5-7-14/h3-9,11H,10H2,1-2H3. The molecule has 0 spiro atoms. The number of fused-ring (bicyclic) bond motifs is 1. The van der Waals surface area contributed by atoms with Crippen LogP contribution in [0.25, 0.3) is 22.2 Å². The SMILES string of the molecule is Cc1noc(C)c1-c1cnc2c(Br)cn(Cc3ccccc3)c2c1. The Morgan fingerprint density at radius 1 is 1.17 bits per heavy atom. The molecule has 3 heterocycles. The molecule has 0 saturated carbocycles. The summed E-state index contributed by atoms with van der Waals surface area (Å²) in [6.07, 6.45) is 3.97. The average molecular weight is 382 g/mol. The van der Waals surface area contributed by atoms with Gasteiger partial charge < -0.3 is 9.09 Å². The van der Waals surface area contributed by atoms with Crippen molar-refractivity contribution in [2.45, 2.75) is 20.4 Å². The van der Waals surface area contributed by atoms with Crippen molar-refractivity contribution in [3.8, 4) is 11.1 Å². The maximum atomic E-state index is 5.30. The fraction of sp³-hybridized carbons (Fsp3) is 0.158. The van der Waals surface area contributed by atoms with Crippen LogP contribution >= 0.6 is 15.9 Å². The number of benzene rings is 1. The van der Waals surface area contributed by atoms with Crippen molar-refractivity contribution in [3.05, 3.63) is 70.3 Å². The lowest BCUT2D eigenvalue weighted by atomic mass is 10.1. The Hall–Kier alpha value is -2.40. The van der Waals surface area contributed by atoms with Gasteiger partial charge in [0.1, 0.15) is 11.3 Å². The van der Waals surface area contributed by atoms with Crippen molar-refractivity contribution in [2.75, 3.05) is 0 Å². The molecule has 0 atom stereocenters. The second-order valence-electron chi connectivity index (χ2n) is 5.88. The summed E-state index contributed by atoms with van der Waals surface area (Å²) in [5.41, 5.74) is 6.23. The van der Waals surface area contributed by atoms with Crippen LogP contribution in [0.2, 0.25) is 0 Å². The molecule has 0 aliphatic heterocycles.